The first-order chi connectivity index (χ1) is 18.6. The summed E-state index contributed by atoms with van der Waals surface area (Å²) in [7, 11) is 0. The van der Waals surface area contributed by atoms with Gasteiger partial charge in [-0.3, -0.25) is 4.79 Å². The molecule has 5 heterocycles. The molecule has 6 rings (SSSR count). The molecule has 10 nitrogen and oxygen atoms in total. The van der Waals surface area contributed by atoms with Crippen molar-refractivity contribution in [2.24, 2.45) is 11.7 Å². The number of H-pyrrole nitrogens is 1. The number of ether oxygens (including phenoxy) is 1. The smallest absolute Gasteiger partial charge is 0.320 e. The highest BCUT2D eigenvalue weighted by Gasteiger charge is 2.30. The van der Waals surface area contributed by atoms with E-state index in [1.54, 1.807) is 30.5 Å². The van der Waals surface area contributed by atoms with E-state index in [1.807, 2.05) is 28.3 Å². The van der Waals surface area contributed by atoms with Gasteiger partial charge < -0.3 is 30.2 Å². The highest BCUT2D eigenvalue weighted by atomic mass is 16.5. The van der Waals surface area contributed by atoms with Crippen LogP contribution in [-0.2, 0) is 0 Å². The van der Waals surface area contributed by atoms with Crippen LogP contribution in [-0.4, -0.2) is 82.6 Å². The molecule has 196 valence electrons. The number of piperazine rings is 1. The number of carbonyl (C=O) groups excluding carboxylic acids is 2. The van der Waals surface area contributed by atoms with Gasteiger partial charge in [0.15, 0.2) is 5.65 Å². The molecule has 0 saturated carbocycles. The van der Waals surface area contributed by atoms with E-state index >= 15 is 0 Å². The molecule has 2 aliphatic rings. The molecule has 0 spiro atoms. The summed E-state index contributed by atoms with van der Waals surface area (Å²) in [5.41, 5.74) is 8.63. The average Bonchev–Trinajstić information content (AvgIpc) is 3.45. The van der Waals surface area contributed by atoms with Crippen molar-refractivity contribution in [3.05, 3.63) is 60.6 Å². The second-order valence-electron chi connectivity index (χ2n) is 10.0. The number of hydrogen-bond donors (Lipinski definition) is 2. The second kappa shape index (κ2) is 10.2. The number of amides is 3. The zero-order valence-corrected chi connectivity index (χ0v) is 21.2. The fourth-order valence-corrected chi connectivity index (χ4v) is 5.55. The van der Waals surface area contributed by atoms with Gasteiger partial charge in [0, 0.05) is 79.6 Å². The van der Waals surface area contributed by atoms with Gasteiger partial charge in [0.25, 0.3) is 0 Å². The number of nitrogens with one attached hydrogen (secondary N) is 1. The molecule has 38 heavy (non-hydrogen) atoms. The number of aromatic nitrogens is 3. The number of likely N-dealkylation sites (tertiary alicyclic amines) is 1. The molecule has 0 bridgehead atoms. The Labute approximate surface area is 220 Å². The van der Waals surface area contributed by atoms with Gasteiger partial charge in [0.05, 0.1) is 18.3 Å². The van der Waals surface area contributed by atoms with Crippen LogP contribution >= 0.6 is 0 Å². The van der Waals surface area contributed by atoms with Crippen LogP contribution in [0.1, 0.15) is 23.2 Å². The number of urea groups is 1. The van der Waals surface area contributed by atoms with Crippen LogP contribution in [0.4, 0.5) is 10.5 Å². The summed E-state index contributed by atoms with van der Waals surface area (Å²) in [4.78, 5) is 43.1. The molecule has 1 aromatic carbocycles. The Morgan fingerprint density at radius 2 is 1.82 bits per heavy atom. The zero-order valence-electron chi connectivity index (χ0n) is 21.2. The number of nitrogens with zero attached hydrogens (tertiary/aromatic N) is 5. The van der Waals surface area contributed by atoms with Crippen LogP contribution < -0.4 is 15.4 Å². The number of aromatic amines is 1. The Balaban J connectivity index is 1.06. The molecular formula is C28H31N7O3. The van der Waals surface area contributed by atoms with E-state index < -0.39 is 5.91 Å². The van der Waals surface area contributed by atoms with Crippen molar-refractivity contribution >= 4 is 39.6 Å². The first kappa shape index (κ1) is 24.0. The highest BCUT2D eigenvalue weighted by Crippen LogP contribution is 2.32. The number of nitrogens with two attached hydrogens (primary N) is 1. The predicted molar refractivity (Wildman–Crippen MR) is 145 cm³/mol. The minimum atomic E-state index is -0.455. The third kappa shape index (κ3) is 4.69. The number of fused-ring (bicyclic) bond motifs is 3. The Hall–Kier alpha value is -4.34. The fourth-order valence-electron chi connectivity index (χ4n) is 5.55. The quantitative estimate of drug-likeness (QED) is 0.423. The third-order valence-electron chi connectivity index (χ3n) is 7.57. The summed E-state index contributed by atoms with van der Waals surface area (Å²) < 4.78 is 5.95. The van der Waals surface area contributed by atoms with Crippen LogP contribution in [0.15, 0.2) is 55.0 Å². The van der Waals surface area contributed by atoms with E-state index in [0.717, 1.165) is 60.1 Å². The lowest BCUT2D eigenvalue weighted by Gasteiger charge is -2.41. The number of primary amides is 1. The van der Waals surface area contributed by atoms with Crippen molar-refractivity contribution in [2.75, 3.05) is 50.8 Å². The van der Waals surface area contributed by atoms with Gasteiger partial charge in [-0.1, -0.05) is 0 Å². The molecule has 1 atom stereocenters. The van der Waals surface area contributed by atoms with Crippen LogP contribution in [0, 0.1) is 5.92 Å². The first-order valence-corrected chi connectivity index (χ1v) is 13.1. The molecule has 1 unspecified atom stereocenters. The molecule has 3 N–H and O–H groups in total. The number of pyridine rings is 2. The molecule has 0 radical (unpaired) electrons. The van der Waals surface area contributed by atoms with Gasteiger partial charge in [-0.05, 0) is 49.2 Å². The third-order valence-corrected chi connectivity index (χ3v) is 7.57. The molecular weight excluding hydrogens is 482 g/mol. The van der Waals surface area contributed by atoms with Gasteiger partial charge in [-0.2, -0.15) is 0 Å². The van der Waals surface area contributed by atoms with Crippen molar-refractivity contribution < 1.29 is 14.3 Å². The Kier molecular flexibility index (Phi) is 6.45. The average molecular weight is 514 g/mol. The SMILES string of the molecule is NC(=O)c1ccc(OCC2CCCN(C(=O)N3CCN(c4cc[nH]c5cnc6nccc6c45)CC3)C2)cc1. The number of benzene rings is 1. The Morgan fingerprint density at radius 3 is 2.61 bits per heavy atom. The molecule has 0 aliphatic carbocycles. The molecule has 3 amide bonds. The fraction of sp³-hybridized carbons (Fsp3) is 0.357. The molecule has 2 saturated heterocycles. The maximum Gasteiger partial charge on any atom is 0.320 e. The van der Waals surface area contributed by atoms with Crippen molar-refractivity contribution in [1.82, 2.24) is 24.8 Å². The van der Waals surface area contributed by atoms with Gasteiger partial charge in [0.2, 0.25) is 5.91 Å². The second-order valence-corrected chi connectivity index (χ2v) is 10.0. The first-order valence-electron chi connectivity index (χ1n) is 13.1. The van der Waals surface area contributed by atoms with Gasteiger partial charge in [-0.25, -0.2) is 14.8 Å². The van der Waals surface area contributed by atoms with E-state index in [2.05, 4.69) is 25.9 Å². The summed E-state index contributed by atoms with van der Waals surface area (Å²) >= 11 is 0. The minimum absolute atomic E-state index is 0.109. The summed E-state index contributed by atoms with van der Waals surface area (Å²) in [5.74, 6) is 0.514. The lowest BCUT2D eigenvalue weighted by atomic mass is 9.99. The highest BCUT2D eigenvalue weighted by molar-refractivity contribution is 6.10. The van der Waals surface area contributed by atoms with E-state index in [9.17, 15) is 9.59 Å². The van der Waals surface area contributed by atoms with Gasteiger partial charge in [-0.15, -0.1) is 0 Å². The minimum Gasteiger partial charge on any atom is -0.493 e. The molecule has 2 fully saturated rings. The van der Waals surface area contributed by atoms with Gasteiger partial charge in [0.1, 0.15) is 5.75 Å². The van der Waals surface area contributed by atoms with Crippen molar-refractivity contribution in [1.29, 1.82) is 0 Å². The monoisotopic (exact) mass is 513 g/mol. The number of carbonyl (C=O) groups is 2. The van der Waals surface area contributed by atoms with Gasteiger partial charge >= 0.3 is 6.03 Å². The standard InChI is InChI=1S/C28H31N7O3/c29-26(36)20-3-5-21(6-4-20)38-18-19-2-1-11-35(17-19)28(37)34-14-12-33(13-15-34)24-8-10-30-23-16-32-27-22(25(23)24)7-9-31-27/h3-10,16,19,30H,1-2,11-15,17-18H2,(H2,29,36). The maximum atomic E-state index is 13.4. The molecule has 10 heteroatoms. The zero-order chi connectivity index (χ0) is 26.1. The molecule has 3 aromatic heterocycles. The van der Waals surface area contributed by atoms with Crippen LogP contribution in [0.2, 0.25) is 0 Å². The number of piperidine rings is 1. The van der Waals surface area contributed by atoms with Crippen molar-refractivity contribution in [3.63, 3.8) is 0 Å². The number of hydrogen-bond acceptors (Lipinski definition) is 6. The van der Waals surface area contributed by atoms with E-state index in [0.29, 0.717) is 37.6 Å². The number of anilines is 1. The summed E-state index contributed by atoms with van der Waals surface area (Å²) in [6.07, 6.45) is 7.56. The van der Waals surface area contributed by atoms with Crippen LogP contribution in [0.25, 0.3) is 21.9 Å². The normalized spacial score (nSPS) is 18.2. The Bertz CT molecular complexity index is 1460. The molecule has 4 aromatic rings. The van der Waals surface area contributed by atoms with Crippen molar-refractivity contribution in [3.8, 4) is 5.75 Å². The lowest BCUT2D eigenvalue weighted by molar-refractivity contribution is 0.1000. The Morgan fingerprint density at radius 1 is 1.00 bits per heavy atom. The molecule has 2 aliphatic heterocycles. The van der Waals surface area contributed by atoms with E-state index in [1.165, 1.54) is 0 Å². The maximum absolute atomic E-state index is 13.4. The number of rotatable bonds is 5. The summed E-state index contributed by atoms with van der Waals surface area (Å²) in [6, 6.07) is 11.1. The predicted octanol–water partition coefficient (Wildman–Crippen LogP) is 3.24. The summed E-state index contributed by atoms with van der Waals surface area (Å²) in [6.45, 7) is 4.89. The van der Waals surface area contributed by atoms with Crippen LogP contribution in [0.3, 0.4) is 0 Å². The van der Waals surface area contributed by atoms with Crippen LogP contribution in [0.5, 0.6) is 5.75 Å². The summed E-state index contributed by atoms with van der Waals surface area (Å²) in [5, 5.41) is 2.16. The largest absolute Gasteiger partial charge is 0.493 e. The van der Waals surface area contributed by atoms with Crippen molar-refractivity contribution in [2.45, 2.75) is 12.8 Å². The van der Waals surface area contributed by atoms with E-state index in [4.69, 9.17) is 10.5 Å². The van der Waals surface area contributed by atoms with E-state index in [-0.39, 0.29) is 11.9 Å². The topological polar surface area (TPSA) is 121 Å². The lowest BCUT2D eigenvalue weighted by Crippen LogP contribution is -2.54.